The minimum atomic E-state index is -0.746. The first-order valence-corrected chi connectivity index (χ1v) is 5.89. The molecule has 2 rings (SSSR count). The number of aromatic hydroxyl groups is 1. The van der Waals surface area contributed by atoms with Gasteiger partial charge in [0.15, 0.2) is 11.6 Å². The first-order valence-electron chi connectivity index (χ1n) is 5.89. The number of phenols is 1. The fraction of sp³-hybridized carbons (Fsp3) is 0.200. The first kappa shape index (κ1) is 12.6. The van der Waals surface area contributed by atoms with Gasteiger partial charge in [0.2, 0.25) is 0 Å². The molecule has 0 amide bonds. The third-order valence-corrected chi connectivity index (χ3v) is 2.83. The zero-order valence-electron chi connectivity index (χ0n) is 10.1. The van der Waals surface area contributed by atoms with Crippen LogP contribution >= 0.6 is 0 Å². The van der Waals surface area contributed by atoms with Crippen LogP contribution in [-0.4, -0.2) is 5.11 Å². The lowest BCUT2D eigenvalue weighted by atomic mass is 10.0. The molecule has 0 fully saturated rings. The van der Waals surface area contributed by atoms with Gasteiger partial charge in [0.1, 0.15) is 5.82 Å². The lowest BCUT2D eigenvalue weighted by molar-refractivity contribution is 0.432. The van der Waals surface area contributed by atoms with Gasteiger partial charge in [-0.15, -0.1) is 0 Å². The van der Waals surface area contributed by atoms with Gasteiger partial charge >= 0.3 is 0 Å². The number of phenolic OH excluding ortho intramolecular Hbond substituents is 1. The second kappa shape index (κ2) is 5.17. The molecule has 94 valence electrons. The zero-order chi connectivity index (χ0) is 13.1. The summed E-state index contributed by atoms with van der Waals surface area (Å²) in [6.45, 7) is 2.03. The van der Waals surface area contributed by atoms with Crippen LogP contribution in [0.15, 0.2) is 36.4 Å². The van der Waals surface area contributed by atoms with E-state index >= 15 is 0 Å². The molecule has 0 bridgehead atoms. The number of benzene rings is 2. The average molecular weight is 248 g/mol. The maximum Gasteiger partial charge on any atom is 0.165 e. The van der Waals surface area contributed by atoms with Gasteiger partial charge in [-0.25, -0.2) is 8.78 Å². The predicted octanol–water partition coefficient (Wildman–Crippen LogP) is 4.29. The SMILES string of the molecule is CCCc1ccc(-c2ccc(O)c(F)c2)c(F)c1. The molecular formula is C15H14F2O. The van der Waals surface area contributed by atoms with E-state index in [2.05, 4.69) is 0 Å². The molecule has 0 saturated heterocycles. The number of aryl methyl sites for hydroxylation is 1. The van der Waals surface area contributed by atoms with E-state index in [-0.39, 0.29) is 5.82 Å². The summed E-state index contributed by atoms with van der Waals surface area (Å²) in [6.07, 6.45) is 1.77. The summed E-state index contributed by atoms with van der Waals surface area (Å²) < 4.78 is 27.1. The Morgan fingerprint density at radius 2 is 1.78 bits per heavy atom. The summed E-state index contributed by atoms with van der Waals surface area (Å²) in [5, 5.41) is 9.11. The quantitative estimate of drug-likeness (QED) is 0.859. The Kier molecular flexibility index (Phi) is 3.60. The molecule has 0 aliphatic heterocycles. The van der Waals surface area contributed by atoms with Crippen LogP contribution in [0.3, 0.4) is 0 Å². The third-order valence-electron chi connectivity index (χ3n) is 2.83. The lowest BCUT2D eigenvalue weighted by Gasteiger charge is -2.06. The molecule has 0 atom stereocenters. The normalized spacial score (nSPS) is 10.6. The molecule has 0 saturated carbocycles. The Balaban J connectivity index is 2.41. The summed E-state index contributed by atoms with van der Waals surface area (Å²) in [4.78, 5) is 0. The van der Waals surface area contributed by atoms with E-state index in [1.165, 1.54) is 18.2 Å². The van der Waals surface area contributed by atoms with Gasteiger partial charge in [0.05, 0.1) is 0 Å². The average Bonchev–Trinajstić information content (AvgIpc) is 2.34. The highest BCUT2D eigenvalue weighted by atomic mass is 19.1. The van der Waals surface area contributed by atoms with Crippen LogP contribution in [0.25, 0.3) is 11.1 Å². The van der Waals surface area contributed by atoms with Crippen molar-refractivity contribution in [2.24, 2.45) is 0 Å². The van der Waals surface area contributed by atoms with Crippen LogP contribution in [0.1, 0.15) is 18.9 Å². The van der Waals surface area contributed by atoms with Crippen molar-refractivity contribution in [2.45, 2.75) is 19.8 Å². The smallest absolute Gasteiger partial charge is 0.165 e. The van der Waals surface area contributed by atoms with Crippen molar-refractivity contribution in [1.29, 1.82) is 0 Å². The van der Waals surface area contributed by atoms with Crippen molar-refractivity contribution in [3.05, 3.63) is 53.6 Å². The van der Waals surface area contributed by atoms with Crippen LogP contribution in [0.2, 0.25) is 0 Å². The monoisotopic (exact) mass is 248 g/mol. The van der Waals surface area contributed by atoms with E-state index in [4.69, 9.17) is 5.11 Å². The fourth-order valence-corrected chi connectivity index (χ4v) is 1.91. The summed E-state index contributed by atoms with van der Waals surface area (Å²) in [6, 6.07) is 8.82. The molecule has 0 radical (unpaired) electrons. The topological polar surface area (TPSA) is 20.2 Å². The van der Waals surface area contributed by atoms with Gasteiger partial charge < -0.3 is 5.11 Å². The van der Waals surface area contributed by atoms with Crippen molar-refractivity contribution in [2.75, 3.05) is 0 Å². The van der Waals surface area contributed by atoms with Crippen LogP contribution in [0.4, 0.5) is 8.78 Å². The molecule has 0 aliphatic carbocycles. The number of rotatable bonds is 3. The van der Waals surface area contributed by atoms with Crippen molar-refractivity contribution in [3.63, 3.8) is 0 Å². The van der Waals surface area contributed by atoms with E-state index in [1.54, 1.807) is 6.07 Å². The highest BCUT2D eigenvalue weighted by molar-refractivity contribution is 5.65. The van der Waals surface area contributed by atoms with Gasteiger partial charge in [0, 0.05) is 5.56 Å². The lowest BCUT2D eigenvalue weighted by Crippen LogP contribution is -1.90. The Hall–Kier alpha value is -1.90. The van der Waals surface area contributed by atoms with Crippen molar-refractivity contribution in [1.82, 2.24) is 0 Å². The van der Waals surface area contributed by atoms with Gasteiger partial charge in [-0.3, -0.25) is 0 Å². The number of halogens is 2. The molecule has 0 spiro atoms. The standard InChI is InChI=1S/C15H14F2O/c1-2-3-10-4-6-12(13(16)8-10)11-5-7-15(18)14(17)9-11/h4-9,18H,2-3H2,1H3. The second-order valence-electron chi connectivity index (χ2n) is 4.23. The largest absolute Gasteiger partial charge is 0.505 e. The Labute approximate surface area is 105 Å². The van der Waals surface area contributed by atoms with E-state index < -0.39 is 11.6 Å². The van der Waals surface area contributed by atoms with E-state index in [0.29, 0.717) is 11.1 Å². The van der Waals surface area contributed by atoms with Crippen LogP contribution in [0, 0.1) is 11.6 Å². The van der Waals surface area contributed by atoms with Crippen LogP contribution < -0.4 is 0 Å². The minimum Gasteiger partial charge on any atom is -0.505 e. The van der Waals surface area contributed by atoms with Crippen LogP contribution in [-0.2, 0) is 6.42 Å². The summed E-state index contributed by atoms with van der Waals surface area (Å²) >= 11 is 0. The minimum absolute atomic E-state index is 0.341. The molecular weight excluding hydrogens is 234 g/mol. The molecule has 2 aromatic rings. The molecule has 1 N–H and O–H groups in total. The summed E-state index contributed by atoms with van der Waals surface area (Å²) in [5.74, 6) is -1.54. The number of hydrogen-bond acceptors (Lipinski definition) is 1. The van der Waals surface area contributed by atoms with Gasteiger partial charge in [0.25, 0.3) is 0 Å². The molecule has 0 aromatic heterocycles. The maximum atomic E-state index is 13.9. The summed E-state index contributed by atoms with van der Waals surface area (Å²) in [5.41, 5.74) is 1.69. The summed E-state index contributed by atoms with van der Waals surface area (Å²) in [7, 11) is 0. The Bertz CT molecular complexity index is 564. The molecule has 1 nitrogen and oxygen atoms in total. The zero-order valence-corrected chi connectivity index (χ0v) is 10.1. The molecule has 18 heavy (non-hydrogen) atoms. The third kappa shape index (κ3) is 2.50. The highest BCUT2D eigenvalue weighted by Gasteiger charge is 2.08. The van der Waals surface area contributed by atoms with E-state index in [1.807, 2.05) is 13.0 Å². The first-order chi connectivity index (χ1) is 8.61. The van der Waals surface area contributed by atoms with Gasteiger partial charge in [-0.1, -0.05) is 31.5 Å². The van der Waals surface area contributed by atoms with E-state index in [0.717, 1.165) is 24.5 Å². The Morgan fingerprint density at radius 1 is 1.00 bits per heavy atom. The van der Waals surface area contributed by atoms with Crippen molar-refractivity contribution < 1.29 is 13.9 Å². The second-order valence-corrected chi connectivity index (χ2v) is 4.23. The number of hydrogen-bond donors (Lipinski definition) is 1. The fourth-order valence-electron chi connectivity index (χ4n) is 1.91. The highest BCUT2D eigenvalue weighted by Crippen LogP contribution is 2.27. The molecule has 0 heterocycles. The van der Waals surface area contributed by atoms with E-state index in [9.17, 15) is 8.78 Å². The molecule has 0 unspecified atom stereocenters. The molecule has 2 aromatic carbocycles. The maximum absolute atomic E-state index is 13.9. The van der Waals surface area contributed by atoms with Crippen molar-refractivity contribution in [3.8, 4) is 16.9 Å². The van der Waals surface area contributed by atoms with Crippen LogP contribution in [0.5, 0.6) is 5.75 Å². The van der Waals surface area contributed by atoms with Crippen molar-refractivity contribution >= 4 is 0 Å². The molecule has 3 heteroatoms. The van der Waals surface area contributed by atoms with Gasteiger partial charge in [-0.2, -0.15) is 0 Å². The Morgan fingerprint density at radius 3 is 2.39 bits per heavy atom. The predicted molar refractivity (Wildman–Crippen MR) is 67.5 cm³/mol. The van der Waals surface area contributed by atoms with Gasteiger partial charge in [-0.05, 0) is 35.7 Å². The molecule has 0 aliphatic rings.